The number of benzene rings is 1. The second kappa shape index (κ2) is 5.79. The quantitative estimate of drug-likeness (QED) is 0.559. The standard InChI is InChI=1S/C17H21N5O/c1-12-2-3-14-13(10-12)15-16(20-14)17(23)22(11-19-15)9-8-21-6-4-18-5-7-21/h2-3,10-11,18,20H,4-9H2,1H3/p+2. The number of aromatic nitrogens is 3. The van der Waals surface area contributed by atoms with Crippen molar-refractivity contribution in [3.8, 4) is 0 Å². The van der Waals surface area contributed by atoms with Crippen LogP contribution < -0.4 is 15.8 Å². The molecule has 120 valence electrons. The maximum atomic E-state index is 12.7. The van der Waals surface area contributed by atoms with Crippen molar-refractivity contribution in [1.82, 2.24) is 14.5 Å². The molecule has 23 heavy (non-hydrogen) atoms. The summed E-state index contributed by atoms with van der Waals surface area (Å²) in [6.07, 6.45) is 1.70. The average Bonchev–Trinajstić information content (AvgIpc) is 2.94. The van der Waals surface area contributed by atoms with E-state index in [0.717, 1.165) is 29.5 Å². The van der Waals surface area contributed by atoms with Gasteiger partial charge in [0.1, 0.15) is 37.2 Å². The lowest BCUT2D eigenvalue weighted by molar-refractivity contribution is -0.947. The number of fused-ring (bicyclic) bond motifs is 3. The summed E-state index contributed by atoms with van der Waals surface area (Å²) in [5.74, 6) is 0. The van der Waals surface area contributed by atoms with Gasteiger partial charge in [-0.3, -0.25) is 9.36 Å². The molecule has 0 spiro atoms. The molecule has 2 aromatic heterocycles. The summed E-state index contributed by atoms with van der Waals surface area (Å²) in [6, 6.07) is 6.15. The zero-order chi connectivity index (χ0) is 15.8. The number of hydrogen-bond acceptors (Lipinski definition) is 2. The number of H-pyrrole nitrogens is 1. The van der Waals surface area contributed by atoms with Gasteiger partial charge in [0.25, 0.3) is 5.56 Å². The molecule has 6 nitrogen and oxygen atoms in total. The zero-order valence-corrected chi connectivity index (χ0v) is 13.4. The number of nitrogens with one attached hydrogen (secondary N) is 2. The Hall–Kier alpha value is -2.18. The van der Waals surface area contributed by atoms with E-state index < -0.39 is 0 Å². The van der Waals surface area contributed by atoms with E-state index in [1.165, 1.54) is 31.7 Å². The Morgan fingerprint density at radius 1 is 1.35 bits per heavy atom. The molecular weight excluding hydrogens is 290 g/mol. The number of nitrogens with zero attached hydrogens (tertiary/aromatic N) is 2. The first kappa shape index (κ1) is 14.4. The first-order valence-corrected chi connectivity index (χ1v) is 8.35. The Labute approximate surface area is 134 Å². The Bertz CT molecular complexity index is 904. The Morgan fingerprint density at radius 3 is 3.00 bits per heavy atom. The van der Waals surface area contributed by atoms with Crippen molar-refractivity contribution in [3.63, 3.8) is 0 Å². The molecule has 1 aliphatic rings. The topological polar surface area (TPSA) is 71.7 Å². The van der Waals surface area contributed by atoms with Crippen LogP contribution >= 0.6 is 0 Å². The molecule has 0 amide bonds. The molecule has 0 unspecified atom stereocenters. The molecule has 0 radical (unpaired) electrons. The molecular formula is C17H23N5O+2. The summed E-state index contributed by atoms with van der Waals surface area (Å²) in [6.45, 7) is 8.49. The molecule has 1 fully saturated rings. The highest BCUT2D eigenvalue weighted by Crippen LogP contribution is 2.22. The highest BCUT2D eigenvalue weighted by atomic mass is 16.1. The number of hydrogen-bond donors (Lipinski definition) is 3. The third-order valence-electron chi connectivity index (χ3n) is 4.84. The summed E-state index contributed by atoms with van der Waals surface area (Å²) in [5, 5.41) is 3.39. The van der Waals surface area contributed by atoms with E-state index in [4.69, 9.17) is 0 Å². The van der Waals surface area contributed by atoms with E-state index in [9.17, 15) is 4.79 Å². The molecule has 4 N–H and O–H groups in total. The van der Waals surface area contributed by atoms with Crippen LogP contribution in [0.15, 0.2) is 29.3 Å². The Kier molecular flexibility index (Phi) is 3.63. The van der Waals surface area contributed by atoms with Gasteiger partial charge >= 0.3 is 0 Å². The third kappa shape index (κ3) is 2.64. The van der Waals surface area contributed by atoms with Crippen LogP contribution in [0.3, 0.4) is 0 Å². The number of aryl methyl sites for hydroxylation is 1. The largest absolute Gasteiger partial charge is 0.349 e. The monoisotopic (exact) mass is 313 g/mol. The van der Waals surface area contributed by atoms with Gasteiger partial charge < -0.3 is 15.2 Å². The van der Waals surface area contributed by atoms with E-state index in [2.05, 4.69) is 28.3 Å². The lowest BCUT2D eigenvalue weighted by atomic mass is 10.2. The number of nitrogens with two attached hydrogens (primary N) is 1. The van der Waals surface area contributed by atoms with Crippen molar-refractivity contribution in [1.29, 1.82) is 0 Å². The molecule has 0 saturated carbocycles. The van der Waals surface area contributed by atoms with Gasteiger partial charge in [0.05, 0.1) is 19.4 Å². The molecule has 0 atom stereocenters. The fourth-order valence-corrected chi connectivity index (χ4v) is 3.47. The number of piperazine rings is 1. The van der Waals surface area contributed by atoms with Crippen LogP contribution in [0.25, 0.3) is 21.9 Å². The molecule has 6 heteroatoms. The second-order valence-corrected chi connectivity index (χ2v) is 6.51. The normalized spacial score (nSPS) is 16.4. The van der Waals surface area contributed by atoms with Crippen molar-refractivity contribution < 1.29 is 10.2 Å². The minimum atomic E-state index is 0.0341. The fourth-order valence-electron chi connectivity index (χ4n) is 3.47. The number of quaternary nitrogens is 2. The van der Waals surface area contributed by atoms with E-state index >= 15 is 0 Å². The maximum absolute atomic E-state index is 12.7. The zero-order valence-electron chi connectivity index (χ0n) is 13.4. The van der Waals surface area contributed by atoms with E-state index in [0.29, 0.717) is 5.52 Å². The first-order chi connectivity index (χ1) is 11.2. The molecule has 0 bridgehead atoms. The van der Waals surface area contributed by atoms with Gasteiger partial charge in [-0.2, -0.15) is 0 Å². The summed E-state index contributed by atoms with van der Waals surface area (Å²) in [5.41, 5.74) is 3.59. The van der Waals surface area contributed by atoms with Gasteiger partial charge in [-0.05, 0) is 19.1 Å². The minimum absolute atomic E-state index is 0.0341. The average molecular weight is 313 g/mol. The van der Waals surface area contributed by atoms with Gasteiger partial charge in [0.2, 0.25) is 0 Å². The van der Waals surface area contributed by atoms with E-state index in [1.54, 1.807) is 15.8 Å². The highest BCUT2D eigenvalue weighted by Gasteiger charge is 2.16. The van der Waals surface area contributed by atoms with Crippen LogP contribution in [0.1, 0.15) is 5.56 Å². The minimum Gasteiger partial charge on any atom is -0.349 e. The third-order valence-corrected chi connectivity index (χ3v) is 4.84. The van der Waals surface area contributed by atoms with Gasteiger partial charge in [-0.1, -0.05) is 11.6 Å². The number of aromatic amines is 1. The first-order valence-electron chi connectivity index (χ1n) is 8.35. The molecule has 4 rings (SSSR count). The van der Waals surface area contributed by atoms with Crippen LogP contribution in [-0.4, -0.2) is 47.3 Å². The van der Waals surface area contributed by atoms with Gasteiger partial charge in [0, 0.05) is 10.9 Å². The number of rotatable bonds is 3. The molecule has 1 aliphatic heterocycles. The molecule has 3 aromatic rings. The van der Waals surface area contributed by atoms with Crippen LogP contribution in [0.5, 0.6) is 0 Å². The SMILES string of the molecule is Cc1ccc2[nH]c3c(=O)n(CC[NH+]4CC[NH2+]CC4)cnc3c2c1. The maximum Gasteiger partial charge on any atom is 0.277 e. The molecule has 0 aliphatic carbocycles. The summed E-state index contributed by atoms with van der Waals surface area (Å²) in [4.78, 5) is 22.1. The van der Waals surface area contributed by atoms with Crippen molar-refractivity contribution >= 4 is 21.9 Å². The van der Waals surface area contributed by atoms with Gasteiger partial charge in [-0.25, -0.2) is 4.98 Å². The van der Waals surface area contributed by atoms with E-state index in [-0.39, 0.29) is 5.56 Å². The van der Waals surface area contributed by atoms with Crippen LogP contribution in [0.2, 0.25) is 0 Å². The summed E-state index contributed by atoms with van der Waals surface area (Å²) >= 11 is 0. The lowest BCUT2D eigenvalue weighted by Gasteiger charge is -2.22. The van der Waals surface area contributed by atoms with E-state index in [1.807, 2.05) is 12.1 Å². The Balaban J connectivity index is 1.67. The van der Waals surface area contributed by atoms with Crippen molar-refractivity contribution in [2.75, 3.05) is 32.7 Å². The smallest absolute Gasteiger partial charge is 0.277 e. The van der Waals surface area contributed by atoms with Crippen LogP contribution in [0.4, 0.5) is 0 Å². The van der Waals surface area contributed by atoms with Crippen LogP contribution in [0, 0.1) is 6.92 Å². The highest BCUT2D eigenvalue weighted by molar-refractivity contribution is 6.04. The van der Waals surface area contributed by atoms with Gasteiger partial charge in [-0.15, -0.1) is 0 Å². The Morgan fingerprint density at radius 2 is 2.17 bits per heavy atom. The molecule has 1 saturated heterocycles. The van der Waals surface area contributed by atoms with Crippen molar-refractivity contribution in [2.45, 2.75) is 13.5 Å². The predicted molar refractivity (Wildman–Crippen MR) is 89.8 cm³/mol. The van der Waals surface area contributed by atoms with Crippen molar-refractivity contribution in [3.05, 3.63) is 40.4 Å². The predicted octanol–water partition coefficient (Wildman–Crippen LogP) is -1.35. The van der Waals surface area contributed by atoms with Gasteiger partial charge in [0.15, 0.2) is 0 Å². The molecule has 3 heterocycles. The second-order valence-electron chi connectivity index (χ2n) is 6.51. The summed E-state index contributed by atoms with van der Waals surface area (Å²) in [7, 11) is 0. The molecule has 1 aromatic carbocycles. The lowest BCUT2D eigenvalue weighted by Crippen LogP contribution is -3.20. The van der Waals surface area contributed by atoms with Crippen molar-refractivity contribution in [2.24, 2.45) is 0 Å². The fraction of sp³-hybridized carbons (Fsp3) is 0.412. The van der Waals surface area contributed by atoms with Crippen LogP contribution in [-0.2, 0) is 6.54 Å². The summed E-state index contributed by atoms with van der Waals surface area (Å²) < 4.78 is 1.75.